The molecule has 138 valence electrons. The van der Waals surface area contributed by atoms with Crippen molar-refractivity contribution in [2.24, 2.45) is 0 Å². The highest BCUT2D eigenvalue weighted by molar-refractivity contribution is 5.69. The molecule has 26 heavy (non-hydrogen) atoms. The molecule has 0 saturated carbocycles. The Balaban J connectivity index is 1.99. The van der Waals surface area contributed by atoms with Crippen LogP contribution in [0.3, 0.4) is 0 Å². The quantitative estimate of drug-likeness (QED) is 0.573. The van der Waals surface area contributed by atoms with E-state index in [-0.39, 0.29) is 11.9 Å². The molecule has 0 aliphatic heterocycles. The molecule has 5 nitrogen and oxygen atoms in total. The van der Waals surface area contributed by atoms with Gasteiger partial charge in [-0.15, -0.1) is 0 Å². The summed E-state index contributed by atoms with van der Waals surface area (Å²) in [6.07, 6.45) is 2.61. The van der Waals surface area contributed by atoms with E-state index in [4.69, 9.17) is 10.1 Å². The maximum absolute atomic E-state index is 9.51. The van der Waals surface area contributed by atoms with Gasteiger partial charge in [0.05, 0.1) is 6.61 Å². The number of hydrogen-bond donors (Lipinski definition) is 3. The molecule has 0 fully saturated rings. The summed E-state index contributed by atoms with van der Waals surface area (Å²) in [5.74, 6) is 0.220. The van der Waals surface area contributed by atoms with E-state index in [2.05, 4.69) is 29.4 Å². The predicted molar refractivity (Wildman–Crippen MR) is 106 cm³/mol. The topological polar surface area (TPSA) is 68.6 Å². The van der Waals surface area contributed by atoms with Crippen molar-refractivity contribution in [2.45, 2.75) is 12.6 Å². The van der Waals surface area contributed by atoms with Gasteiger partial charge in [0.2, 0.25) is 0 Å². The molecule has 3 N–H and O–H groups in total. The van der Waals surface area contributed by atoms with Gasteiger partial charge >= 0.3 is 0 Å². The second-order valence-electron chi connectivity index (χ2n) is 6.10. The molecule has 2 aromatic rings. The summed E-state index contributed by atoms with van der Waals surface area (Å²) in [5, 5.41) is 20.0. The van der Waals surface area contributed by atoms with Crippen LogP contribution in [-0.4, -0.2) is 43.5 Å². The lowest BCUT2D eigenvalue weighted by Gasteiger charge is -2.23. The maximum Gasteiger partial charge on any atom is 0.122 e. The van der Waals surface area contributed by atoms with E-state index in [9.17, 15) is 5.11 Å². The molecule has 0 aromatic heterocycles. The van der Waals surface area contributed by atoms with Gasteiger partial charge in [0.15, 0.2) is 0 Å². The van der Waals surface area contributed by atoms with Gasteiger partial charge in [-0.1, -0.05) is 42.5 Å². The van der Waals surface area contributed by atoms with E-state index >= 15 is 0 Å². The molecule has 1 atom stereocenters. The molecule has 0 spiro atoms. The fourth-order valence-electron chi connectivity index (χ4n) is 2.71. The normalized spacial score (nSPS) is 12.8. The van der Waals surface area contributed by atoms with Crippen LogP contribution in [0.1, 0.15) is 17.2 Å². The van der Waals surface area contributed by atoms with Crippen LogP contribution in [0.2, 0.25) is 0 Å². The predicted octanol–water partition coefficient (Wildman–Crippen LogP) is 3.33. The average molecular weight is 353 g/mol. The van der Waals surface area contributed by atoms with Gasteiger partial charge in [-0.3, -0.25) is 4.90 Å². The number of phenols is 1. The molecule has 0 amide bonds. The molecule has 0 aliphatic rings. The second kappa shape index (κ2) is 10.4. The molecule has 5 heteroatoms. The highest BCUT2D eigenvalue weighted by atomic mass is 16.5. The molecule has 0 heterocycles. The summed E-state index contributed by atoms with van der Waals surface area (Å²) in [6.45, 7) is 2.19. The standard InChI is InChI=1S/C21H27N3O2/c1-23-20(12-13-22)21(18-8-10-19(25)11-9-18)26-15-14-24(2)16-17-6-4-3-5-7-17/h3-13,21-23,25H,14-16H2,1-2H3/b20-12-,22-13?. The van der Waals surface area contributed by atoms with Crippen molar-refractivity contribution in [1.82, 2.24) is 10.2 Å². The zero-order valence-electron chi connectivity index (χ0n) is 15.4. The Labute approximate surface area is 155 Å². The number of phenolic OH excluding ortho intramolecular Hbond substituents is 1. The maximum atomic E-state index is 9.51. The summed E-state index contributed by atoms with van der Waals surface area (Å²) in [5.41, 5.74) is 3.00. The lowest BCUT2D eigenvalue weighted by atomic mass is 10.1. The highest BCUT2D eigenvalue weighted by Crippen LogP contribution is 2.25. The fourth-order valence-corrected chi connectivity index (χ4v) is 2.71. The Morgan fingerprint density at radius 1 is 1.19 bits per heavy atom. The van der Waals surface area contributed by atoms with Gasteiger partial charge < -0.3 is 20.6 Å². The monoisotopic (exact) mass is 353 g/mol. The minimum absolute atomic E-state index is 0.220. The number of nitrogens with zero attached hydrogens (tertiary/aromatic N) is 1. The van der Waals surface area contributed by atoms with Crippen LogP contribution in [0.4, 0.5) is 0 Å². The first-order chi connectivity index (χ1) is 12.6. The van der Waals surface area contributed by atoms with Crippen molar-refractivity contribution in [3.63, 3.8) is 0 Å². The Hall–Kier alpha value is -2.63. The van der Waals surface area contributed by atoms with E-state index < -0.39 is 0 Å². The number of nitrogens with one attached hydrogen (secondary N) is 2. The van der Waals surface area contributed by atoms with Gasteiger partial charge in [0, 0.05) is 32.0 Å². The summed E-state index contributed by atoms with van der Waals surface area (Å²) >= 11 is 0. The number of benzene rings is 2. The molecule has 1 unspecified atom stereocenters. The third kappa shape index (κ3) is 6.02. The van der Waals surface area contributed by atoms with E-state index in [1.165, 1.54) is 11.8 Å². The molecule has 0 bridgehead atoms. The lowest BCUT2D eigenvalue weighted by Crippen LogP contribution is -2.25. The van der Waals surface area contributed by atoms with Crippen molar-refractivity contribution in [3.05, 3.63) is 77.5 Å². The summed E-state index contributed by atoms with van der Waals surface area (Å²) in [4.78, 5) is 2.21. The van der Waals surface area contributed by atoms with Crippen molar-refractivity contribution < 1.29 is 9.84 Å². The minimum Gasteiger partial charge on any atom is -0.508 e. The first kappa shape index (κ1) is 19.7. The zero-order valence-corrected chi connectivity index (χ0v) is 15.4. The lowest BCUT2D eigenvalue weighted by molar-refractivity contribution is 0.0579. The largest absolute Gasteiger partial charge is 0.508 e. The average Bonchev–Trinajstić information content (AvgIpc) is 2.65. The van der Waals surface area contributed by atoms with Crippen LogP contribution in [0, 0.1) is 5.41 Å². The fraction of sp³-hybridized carbons (Fsp3) is 0.286. The summed E-state index contributed by atoms with van der Waals surface area (Å²) in [6, 6.07) is 17.3. The van der Waals surface area contributed by atoms with Crippen LogP contribution in [0.5, 0.6) is 5.75 Å². The van der Waals surface area contributed by atoms with E-state index in [1.807, 2.05) is 37.4 Å². The van der Waals surface area contributed by atoms with Gasteiger partial charge in [-0.05, 0) is 36.4 Å². The zero-order chi connectivity index (χ0) is 18.8. The van der Waals surface area contributed by atoms with Gasteiger partial charge in [0.25, 0.3) is 0 Å². The number of ether oxygens (including phenoxy) is 1. The van der Waals surface area contributed by atoms with E-state index in [0.29, 0.717) is 6.61 Å². The second-order valence-corrected chi connectivity index (χ2v) is 6.10. The van der Waals surface area contributed by atoms with E-state index in [1.54, 1.807) is 18.2 Å². The third-order valence-electron chi connectivity index (χ3n) is 4.08. The van der Waals surface area contributed by atoms with Crippen molar-refractivity contribution in [1.29, 1.82) is 5.41 Å². The summed E-state index contributed by atoms with van der Waals surface area (Å²) in [7, 11) is 3.88. The Bertz CT molecular complexity index is 699. The number of allylic oxidation sites excluding steroid dienone is 1. The Morgan fingerprint density at radius 3 is 2.50 bits per heavy atom. The first-order valence-corrected chi connectivity index (χ1v) is 8.65. The van der Waals surface area contributed by atoms with Crippen molar-refractivity contribution in [3.8, 4) is 5.75 Å². The molecule has 0 aliphatic carbocycles. The van der Waals surface area contributed by atoms with Crippen LogP contribution in [0.15, 0.2) is 66.4 Å². The van der Waals surface area contributed by atoms with Crippen LogP contribution < -0.4 is 5.32 Å². The van der Waals surface area contributed by atoms with Crippen LogP contribution in [-0.2, 0) is 11.3 Å². The Morgan fingerprint density at radius 2 is 1.88 bits per heavy atom. The minimum atomic E-state index is -0.313. The van der Waals surface area contributed by atoms with Crippen molar-refractivity contribution in [2.75, 3.05) is 27.2 Å². The Kier molecular flexibility index (Phi) is 7.86. The molecule has 2 rings (SSSR count). The smallest absolute Gasteiger partial charge is 0.122 e. The molecular weight excluding hydrogens is 326 g/mol. The number of likely N-dealkylation sites (N-methyl/N-ethyl adjacent to an activating group) is 2. The third-order valence-corrected chi connectivity index (χ3v) is 4.08. The van der Waals surface area contributed by atoms with Gasteiger partial charge in [0.1, 0.15) is 11.9 Å². The SMILES string of the molecule is CN/C(=C\C=N)C(OCCN(C)Cc1ccccc1)c1ccc(O)cc1. The number of aromatic hydroxyl groups is 1. The molecular formula is C21H27N3O2. The molecule has 0 radical (unpaired) electrons. The van der Waals surface area contributed by atoms with Crippen LogP contribution in [0.25, 0.3) is 0 Å². The van der Waals surface area contributed by atoms with E-state index in [0.717, 1.165) is 24.4 Å². The molecule has 2 aromatic carbocycles. The van der Waals surface area contributed by atoms with Gasteiger partial charge in [-0.2, -0.15) is 0 Å². The number of rotatable bonds is 10. The molecule has 0 saturated heterocycles. The summed E-state index contributed by atoms with van der Waals surface area (Å²) < 4.78 is 6.12. The first-order valence-electron chi connectivity index (χ1n) is 8.65. The highest BCUT2D eigenvalue weighted by Gasteiger charge is 2.17. The van der Waals surface area contributed by atoms with Gasteiger partial charge in [-0.25, -0.2) is 0 Å². The number of hydrogen-bond acceptors (Lipinski definition) is 5. The van der Waals surface area contributed by atoms with Crippen LogP contribution >= 0.6 is 0 Å². The van der Waals surface area contributed by atoms with Crippen molar-refractivity contribution >= 4 is 6.21 Å².